The largest absolute Gasteiger partial charge is 0.507 e. The maximum Gasteiger partial charge on any atom is 0.339 e. The predicted octanol–water partition coefficient (Wildman–Crippen LogP) is 2.24. The summed E-state index contributed by atoms with van der Waals surface area (Å²) in [6.45, 7) is 0. The second-order valence-electron chi connectivity index (χ2n) is 3.23. The fourth-order valence-electron chi connectivity index (χ4n) is 1.65. The Hall–Kier alpha value is -2.23. The molecule has 0 bridgehead atoms. The number of rotatable bonds is 0. The summed E-state index contributed by atoms with van der Waals surface area (Å²) < 4.78 is 10.2. The van der Waals surface area contributed by atoms with Crippen LogP contribution < -0.4 is 5.63 Å². The van der Waals surface area contributed by atoms with E-state index in [0.29, 0.717) is 21.9 Å². The van der Waals surface area contributed by atoms with Crippen molar-refractivity contribution in [3.8, 4) is 5.75 Å². The Labute approximate surface area is 83.3 Å². The molecule has 1 aromatic carbocycles. The van der Waals surface area contributed by atoms with Gasteiger partial charge in [-0.25, -0.2) is 4.79 Å². The Morgan fingerprint density at radius 3 is 2.87 bits per heavy atom. The van der Waals surface area contributed by atoms with Crippen molar-refractivity contribution >= 4 is 21.9 Å². The molecule has 3 rings (SSSR count). The van der Waals surface area contributed by atoms with E-state index in [1.54, 1.807) is 18.2 Å². The Bertz CT molecular complexity index is 705. The van der Waals surface area contributed by atoms with E-state index in [2.05, 4.69) is 0 Å². The van der Waals surface area contributed by atoms with Gasteiger partial charge in [-0.05, 0) is 18.2 Å². The third kappa shape index (κ3) is 1.05. The maximum atomic E-state index is 11.1. The quantitative estimate of drug-likeness (QED) is 0.568. The van der Waals surface area contributed by atoms with Crippen molar-refractivity contribution in [1.29, 1.82) is 0 Å². The lowest BCUT2D eigenvalue weighted by Crippen LogP contribution is -1.95. The molecule has 0 aliphatic rings. The molecule has 0 fully saturated rings. The molecule has 4 nitrogen and oxygen atoms in total. The van der Waals surface area contributed by atoms with Crippen molar-refractivity contribution in [1.82, 2.24) is 0 Å². The molecule has 0 atom stereocenters. The summed E-state index contributed by atoms with van der Waals surface area (Å²) >= 11 is 0. The van der Waals surface area contributed by atoms with Crippen molar-refractivity contribution in [2.24, 2.45) is 0 Å². The van der Waals surface area contributed by atoms with Crippen LogP contribution in [0.4, 0.5) is 0 Å². The highest BCUT2D eigenvalue weighted by Gasteiger charge is 2.09. The number of furan rings is 1. The lowest BCUT2D eigenvalue weighted by atomic mass is 10.1. The van der Waals surface area contributed by atoms with Gasteiger partial charge in [-0.2, -0.15) is 0 Å². The van der Waals surface area contributed by atoms with Gasteiger partial charge < -0.3 is 13.9 Å². The van der Waals surface area contributed by atoms with Gasteiger partial charge in [0.2, 0.25) is 0 Å². The average Bonchev–Trinajstić information content (AvgIpc) is 2.65. The average molecular weight is 202 g/mol. The molecule has 2 aromatic heterocycles. The van der Waals surface area contributed by atoms with Gasteiger partial charge in [-0.3, -0.25) is 0 Å². The van der Waals surface area contributed by atoms with Crippen LogP contribution in [-0.2, 0) is 0 Å². The second kappa shape index (κ2) is 2.63. The minimum Gasteiger partial charge on any atom is -0.507 e. The molecule has 0 saturated heterocycles. The lowest BCUT2D eigenvalue weighted by Gasteiger charge is -1.98. The SMILES string of the molecule is O=c1cc(O)c2ccc3occc3c2o1. The molecule has 4 heteroatoms. The summed E-state index contributed by atoms with van der Waals surface area (Å²) in [4.78, 5) is 11.1. The predicted molar refractivity (Wildman–Crippen MR) is 53.9 cm³/mol. The Kier molecular flexibility index (Phi) is 1.42. The topological polar surface area (TPSA) is 63.6 Å². The minimum absolute atomic E-state index is 0.0793. The van der Waals surface area contributed by atoms with Gasteiger partial charge in [-0.1, -0.05) is 0 Å². The van der Waals surface area contributed by atoms with Crippen molar-refractivity contribution in [2.75, 3.05) is 0 Å². The molecule has 2 heterocycles. The Balaban J connectivity index is 2.67. The standard InChI is InChI=1S/C11H6O4/c12-8-5-10(13)15-11-6(8)1-2-9-7(11)3-4-14-9/h1-5,12H. The van der Waals surface area contributed by atoms with Crippen LogP contribution in [0.5, 0.6) is 5.75 Å². The molecule has 0 amide bonds. The van der Waals surface area contributed by atoms with E-state index in [0.717, 1.165) is 6.07 Å². The van der Waals surface area contributed by atoms with E-state index in [4.69, 9.17) is 8.83 Å². The number of benzene rings is 1. The molecular weight excluding hydrogens is 196 g/mol. The monoisotopic (exact) mass is 202 g/mol. The minimum atomic E-state index is -0.575. The molecule has 74 valence electrons. The first-order valence-electron chi connectivity index (χ1n) is 4.39. The van der Waals surface area contributed by atoms with Gasteiger partial charge in [0.25, 0.3) is 0 Å². The molecule has 0 spiro atoms. The fraction of sp³-hybridized carbons (Fsp3) is 0. The lowest BCUT2D eigenvalue weighted by molar-refractivity contribution is 0.468. The van der Waals surface area contributed by atoms with Gasteiger partial charge in [-0.15, -0.1) is 0 Å². The number of hydrogen-bond donors (Lipinski definition) is 1. The Morgan fingerprint density at radius 1 is 1.13 bits per heavy atom. The van der Waals surface area contributed by atoms with Gasteiger partial charge in [0, 0.05) is 0 Å². The summed E-state index contributed by atoms with van der Waals surface area (Å²) in [6.07, 6.45) is 1.51. The van der Waals surface area contributed by atoms with Crippen molar-refractivity contribution in [3.63, 3.8) is 0 Å². The first kappa shape index (κ1) is 8.11. The van der Waals surface area contributed by atoms with Gasteiger partial charge in [0.15, 0.2) is 5.58 Å². The molecule has 0 aliphatic heterocycles. The van der Waals surface area contributed by atoms with Crippen LogP contribution in [-0.4, -0.2) is 5.11 Å². The summed E-state index contributed by atoms with van der Waals surface area (Å²) in [5.41, 5.74) is 0.399. The van der Waals surface area contributed by atoms with E-state index in [1.165, 1.54) is 6.26 Å². The van der Waals surface area contributed by atoms with Crippen molar-refractivity contribution in [3.05, 3.63) is 40.9 Å². The highest BCUT2D eigenvalue weighted by Crippen LogP contribution is 2.29. The number of fused-ring (bicyclic) bond motifs is 3. The van der Waals surface area contributed by atoms with Crippen LogP contribution in [0.25, 0.3) is 21.9 Å². The molecule has 0 unspecified atom stereocenters. The molecular formula is C11H6O4. The van der Waals surface area contributed by atoms with Crippen LogP contribution in [0.2, 0.25) is 0 Å². The molecule has 0 saturated carbocycles. The molecule has 15 heavy (non-hydrogen) atoms. The highest BCUT2D eigenvalue weighted by molar-refractivity contribution is 6.03. The van der Waals surface area contributed by atoms with Crippen LogP contribution in [0, 0.1) is 0 Å². The van der Waals surface area contributed by atoms with Gasteiger partial charge in [0.1, 0.15) is 11.3 Å². The zero-order valence-corrected chi connectivity index (χ0v) is 7.56. The van der Waals surface area contributed by atoms with Crippen molar-refractivity contribution in [2.45, 2.75) is 0 Å². The normalized spacial score (nSPS) is 11.2. The van der Waals surface area contributed by atoms with Crippen LogP contribution >= 0.6 is 0 Å². The van der Waals surface area contributed by atoms with Crippen molar-refractivity contribution < 1.29 is 13.9 Å². The highest BCUT2D eigenvalue weighted by atomic mass is 16.4. The Morgan fingerprint density at radius 2 is 2.00 bits per heavy atom. The smallest absolute Gasteiger partial charge is 0.339 e. The zero-order valence-electron chi connectivity index (χ0n) is 7.56. The summed E-state index contributed by atoms with van der Waals surface area (Å²) in [7, 11) is 0. The molecule has 0 aliphatic carbocycles. The summed E-state index contributed by atoms with van der Waals surface area (Å²) in [6, 6.07) is 6.12. The van der Waals surface area contributed by atoms with Gasteiger partial charge >= 0.3 is 5.63 Å². The van der Waals surface area contributed by atoms with Crippen LogP contribution in [0.1, 0.15) is 0 Å². The zero-order chi connectivity index (χ0) is 10.4. The van der Waals surface area contributed by atoms with Gasteiger partial charge in [0.05, 0.1) is 23.1 Å². The van der Waals surface area contributed by atoms with E-state index in [-0.39, 0.29) is 5.75 Å². The first-order valence-corrected chi connectivity index (χ1v) is 4.39. The van der Waals surface area contributed by atoms with E-state index in [9.17, 15) is 9.90 Å². The molecule has 0 radical (unpaired) electrons. The summed E-state index contributed by atoms with van der Waals surface area (Å²) in [5.74, 6) is -0.0793. The number of aromatic hydroxyl groups is 1. The third-order valence-electron chi connectivity index (χ3n) is 2.32. The van der Waals surface area contributed by atoms with E-state index < -0.39 is 5.63 Å². The van der Waals surface area contributed by atoms with E-state index >= 15 is 0 Å². The van der Waals surface area contributed by atoms with Crippen LogP contribution in [0.3, 0.4) is 0 Å². The van der Waals surface area contributed by atoms with Crippen LogP contribution in [0.15, 0.2) is 44.2 Å². The molecule has 3 aromatic rings. The third-order valence-corrected chi connectivity index (χ3v) is 2.32. The van der Waals surface area contributed by atoms with E-state index in [1.807, 2.05) is 0 Å². The fourth-order valence-corrected chi connectivity index (χ4v) is 1.65. The summed E-state index contributed by atoms with van der Waals surface area (Å²) in [5, 5.41) is 10.7. The molecule has 1 N–H and O–H groups in total. The maximum absolute atomic E-state index is 11.1. The first-order chi connectivity index (χ1) is 7.25. The number of hydrogen-bond acceptors (Lipinski definition) is 4. The second-order valence-corrected chi connectivity index (χ2v) is 3.23.